The van der Waals surface area contributed by atoms with Crippen LogP contribution in [-0.4, -0.2) is 26.7 Å². The highest BCUT2D eigenvalue weighted by Gasteiger charge is 2.00. The van der Waals surface area contributed by atoms with Crippen molar-refractivity contribution in [1.29, 1.82) is 0 Å². The topological polar surface area (TPSA) is 45.7 Å². The average molecular weight is 317 g/mol. The van der Waals surface area contributed by atoms with Crippen molar-refractivity contribution < 1.29 is 4.74 Å². The van der Waals surface area contributed by atoms with Crippen LogP contribution >= 0.6 is 11.3 Å². The standard InChI is InChI=1S/C17H23N3OS/c1-18-17(20-13-16-9-5-11-22-16)19-10-4-7-14-6-3-8-15(12-14)21-2/h3,5-6,8-9,11-12H,4,7,10,13H2,1-2H3,(H2,18,19,20). The van der Waals surface area contributed by atoms with Crippen LogP contribution in [0.25, 0.3) is 0 Å². The Bertz CT molecular complexity index is 581. The molecule has 22 heavy (non-hydrogen) atoms. The summed E-state index contributed by atoms with van der Waals surface area (Å²) in [5, 5.41) is 8.75. The highest BCUT2D eigenvalue weighted by molar-refractivity contribution is 7.09. The number of thiophene rings is 1. The highest BCUT2D eigenvalue weighted by Crippen LogP contribution is 2.13. The summed E-state index contributed by atoms with van der Waals surface area (Å²) in [7, 11) is 3.50. The fourth-order valence-corrected chi connectivity index (χ4v) is 2.78. The molecule has 1 aromatic heterocycles. The lowest BCUT2D eigenvalue weighted by Gasteiger charge is -2.11. The van der Waals surface area contributed by atoms with Gasteiger partial charge in [-0.05, 0) is 42.0 Å². The molecule has 0 bridgehead atoms. The predicted octanol–water partition coefficient (Wildman–Crippen LogP) is 3.05. The van der Waals surface area contributed by atoms with E-state index >= 15 is 0 Å². The van der Waals surface area contributed by atoms with Gasteiger partial charge in [-0.1, -0.05) is 18.2 Å². The zero-order valence-corrected chi connectivity index (χ0v) is 14.0. The van der Waals surface area contributed by atoms with E-state index in [1.165, 1.54) is 10.4 Å². The second-order valence-corrected chi connectivity index (χ2v) is 5.92. The fraction of sp³-hybridized carbons (Fsp3) is 0.353. The molecule has 118 valence electrons. The third kappa shape index (κ3) is 5.41. The summed E-state index contributed by atoms with van der Waals surface area (Å²) in [5.74, 6) is 1.76. The number of ether oxygens (including phenoxy) is 1. The summed E-state index contributed by atoms with van der Waals surface area (Å²) in [6.07, 6.45) is 2.07. The molecule has 4 nitrogen and oxygen atoms in total. The number of hydrogen-bond donors (Lipinski definition) is 2. The third-order valence-corrected chi connectivity index (χ3v) is 4.18. The van der Waals surface area contributed by atoms with E-state index in [1.54, 1.807) is 25.5 Å². The van der Waals surface area contributed by atoms with Gasteiger partial charge in [-0.3, -0.25) is 4.99 Å². The van der Waals surface area contributed by atoms with Crippen LogP contribution in [0.2, 0.25) is 0 Å². The Morgan fingerprint density at radius 2 is 2.14 bits per heavy atom. The molecule has 0 saturated carbocycles. The summed E-state index contributed by atoms with van der Waals surface area (Å²) in [5.41, 5.74) is 1.29. The predicted molar refractivity (Wildman–Crippen MR) is 93.8 cm³/mol. The van der Waals surface area contributed by atoms with Crippen LogP contribution in [0.15, 0.2) is 46.8 Å². The van der Waals surface area contributed by atoms with Crippen molar-refractivity contribution in [2.24, 2.45) is 4.99 Å². The molecule has 0 unspecified atom stereocenters. The lowest BCUT2D eigenvalue weighted by molar-refractivity contribution is 0.414. The highest BCUT2D eigenvalue weighted by atomic mass is 32.1. The molecule has 0 fully saturated rings. The van der Waals surface area contributed by atoms with Crippen molar-refractivity contribution >= 4 is 17.3 Å². The van der Waals surface area contributed by atoms with E-state index in [0.717, 1.165) is 37.6 Å². The van der Waals surface area contributed by atoms with E-state index < -0.39 is 0 Å². The summed E-state index contributed by atoms with van der Waals surface area (Å²) in [6, 6.07) is 12.4. The summed E-state index contributed by atoms with van der Waals surface area (Å²) in [4.78, 5) is 5.54. The van der Waals surface area contributed by atoms with Crippen LogP contribution in [-0.2, 0) is 13.0 Å². The molecule has 0 amide bonds. The Kier molecular flexibility index (Phi) is 6.77. The van der Waals surface area contributed by atoms with Crippen LogP contribution < -0.4 is 15.4 Å². The lowest BCUT2D eigenvalue weighted by Crippen LogP contribution is -2.37. The van der Waals surface area contributed by atoms with Crippen molar-refractivity contribution in [3.8, 4) is 5.75 Å². The zero-order valence-electron chi connectivity index (χ0n) is 13.1. The average Bonchev–Trinajstić information content (AvgIpc) is 3.08. The molecule has 0 radical (unpaired) electrons. The smallest absolute Gasteiger partial charge is 0.191 e. The number of aryl methyl sites for hydroxylation is 1. The molecule has 0 saturated heterocycles. The first kappa shape index (κ1) is 16.4. The second kappa shape index (κ2) is 9.10. The molecule has 0 atom stereocenters. The summed E-state index contributed by atoms with van der Waals surface area (Å²) in [6.45, 7) is 1.70. The van der Waals surface area contributed by atoms with Crippen LogP contribution in [0.1, 0.15) is 16.9 Å². The van der Waals surface area contributed by atoms with Crippen LogP contribution in [0.4, 0.5) is 0 Å². The largest absolute Gasteiger partial charge is 0.497 e. The Hall–Kier alpha value is -2.01. The monoisotopic (exact) mass is 317 g/mol. The van der Waals surface area contributed by atoms with Crippen molar-refractivity contribution in [2.45, 2.75) is 19.4 Å². The second-order valence-electron chi connectivity index (χ2n) is 4.89. The minimum atomic E-state index is 0.813. The molecule has 0 spiro atoms. The first-order valence-corrected chi connectivity index (χ1v) is 8.29. The van der Waals surface area contributed by atoms with Gasteiger partial charge in [0, 0.05) is 18.5 Å². The molecule has 2 N–H and O–H groups in total. The molecule has 2 rings (SSSR count). The van der Waals surface area contributed by atoms with E-state index in [0.29, 0.717) is 0 Å². The lowest BCUT2D eigenvalue weighted by atomic mass is 10.1. The number of aliphatic imine (C=N–C) groups is 1. The van der Waals surface area contributed by atoms with Gasteiger partial charge in [0.15, 0.2) is 5.96 Å². The Labute approximate surface area is 136 Å². The number of guanidine groups is 1. The first-order chi connectivity index (χ1) is 10.8. The number of nitrogens with one attached hydrogen (secondary N) is 2. The number of benzene rings is 1. The van der Waals surface area contributed by atoms with Gasteiger partial charge in [0.1, 0.15) is 5.75 Å². The van der Waals surface area contributed by atoms with Crippen molar-refractivity contribution in [3.63, 3.8) is 0 Å². The maximum Gasteiger partial charge on any atom is 0.191 e. The van der Waals surface area contributed by atoms with E-state index in [9.17, 15) is 0 Å². The first-order valence-electron chi connectivity index (χ1n) is 7.41. The van der Waals surface area contributed by atoms with Crippen LogP contribution in [0, 0.1) is 0 Å². The molecular formula is C17H23N3OS. The van der Waals surface area contributed by atoms with Crippen LogP contribution in [0.5, 0.6) is 5.75 Å². The van der Waals surface area contributed by atoms with E-state index in [-0.39, 0.29) is 0 Å². The minimum absolute atomic E-state index is 0.813. The maximum absolute atomic E-state index is 5.24. The van der Waals surface area contributed by atoms with Gasteiger partial charge in [-0.2, -0.15) is 0 Å². The van der Waals surface area contributed by atoms with Gasteiger partial charge in [0.25, 0.3) is 0 Å². The van der Waals surface area contributed by atoms with Gasteiger partial charge in [-0.15, -0.1) is 11.3 Å². The molecule has 1 heterocycles. The summed E-state index contributed by atoms with van der Waals surface area (Å²) < 4.78 is 5.24. The minimum Gasteiger partial charge on any atom is -0.497 e. The van der Waals surface area contributed by atoms with Gasteiger partial charge < -0.3 is 15.4 Å². The Balaban J connectivity index is 1.68. The summed E-state index contributed by atoms with van der Waals surface area (Å²) >= 11 is 1.75. The number of rotatable bonds is 7. The normalized spacial score (nSPS) is 11.3. The fourth-order valence-electron chi connectivity index (χ4n) is 2.13. The third-order valence-electron chi connectivity index (χ3n) is 3.30. The van der Waals surface area contributed by atoms with Gasteiger partial charge >= 0.3 is 0 Å². The van der Waals surface area contributed by atoms with Crippen molar-refractivity contribution in [1.82, 2.24) is 10.6 Å². The van der Waals surface area contributed by atoms with Crippen molar-refractivity contribution in [3.05, 3.63) is 52.2 Å². The van der Waals surface area contributed by atoms with Gasteiger partial charge in [0.2, 0.25) is 0 Å². The molecule has 2 aromatic rings. The van der Waals surface area contributed by atoms with Crippen LogP contribution in [0.3, 0.4) is 0 Å². The molecule has 1 aromatic carbocycles. The molecule has 0 aliphatic heterocycles. The number of nitrogens with zero attached hydrogens (tertiary/aromatic N) is 1. The van der Waals surface area contributed by atoms with E-state index in [4.69, 9.17) is 4.74 Å². The SMILES string of the molecule is CN=C(NCCCc1cccc(OC)c1)NCc1cccs1. The Morgan fingerprint density at radius 1 is 1.23 bits per heavy atom. The van der Waals surface area contributed by atoms with Crippen molar-refractivity contribution in [2.75, 3.05) is 20.7 Å². The van der Waals surface area contributed by atoms with Gasteiger partial charge in [0.05, 0.1) is 13.7 Å². The zero-order chi connectivity index (χ0) is 15.6. The molecule has 0 aliphatic carbocycles. The number of hydrogen-bond acceptors (Lipinski definition) is 3. The molecule has 5 heteroatoms. The van der Waals surface area contributed by atoms with E-state index in [1.807, 2.05) is 12.1 Å². The number of methoxy groups -OCH3 is 1. The molecule has 0 aliphatic rings. The maximum atomic E-state index is 5.24. The van der Waals surface area contributed by atoms with E-state index in [2.05, 4.69) is 45.3 Å². The molecular weight excluding hydrogens is 294 g/mol. The quantitative estimate of drug-likeness (QED) is 0.469. The Morgan fingerprint density at radius 3 is 2.86 bits per heavy atom. The van der Waals surface area contributed by atoms with Gasteiger partial charge in [-0.25, -0.2) is 0 Å².